The topological polar surface area (TPSA) is 114 Å². The first-order valence-corrected chi connectivity index (χ1v) is 11.2. The zero-order valence-electron chi connectivity index (χ0n) is 18.3. The number of anilines is 1. The first-order chi connectivity index (χ1) is 16.1. The van der Waals surface area contributed by atoms with Crippen molar-refractivity contribution < 1.29 is 14.6 Å². The fraction of sp³-hybridized carbons (Fsp3) is 0.320. The van der Waals surface area contributed by atoms with Crippen molar-refractivity contribution >= 4 is 11.7 Å². The van der Waals surface area contributed by atoms with Gasteiger partial charge >= 0.3 is 0 Å². The minimum absolute atomic E-state index is 0.105. The Hall–Kier alpha value is -3.65. The van der Waals surface area contributed by atoms with Crippen LogP contribution >= 0.6 is 0 Å². The third-order valence-electron chi connectivity index (χ3n) is 6.49. The summed E-state index contributed by atoms with van der Waals surface area (Å²) in [6.07, 6.45) is 0.655. The Labute approximate surface area is 192 Å². The van der Waals surface area contributed by atoms with Crippen LogP contribution in [0.5, 0.6) is 11.5 Å². The second kappa shape index (κ2) is 9.07. The van der Waals surface area contributed by atoms with Gasteiger partial charge in [0.2, 0.25) is 0 Å². The lowest BCUT2D eigenvalue weighted by atomic mass is 9.81. The van der Waals surface area contributed by atoms with Crippen LogP contribution in [-0.2, 0) is 6.42 Å². The predicted octanol–water partition coefficient (Wildman–Crippen LogP) is 2.34. The fourth-order valence-electron chi connectivity index (χ4n) is 4.22. The number of aromatic hydroxyl groups is 1. The van der Waals surface area contributed by atoms with Gasteiger partial charge in [-0.25, -0.2) is 0 Å². The molecule has 8 nitrogen and oxygen atoms in total. The fourth-order valence-corrected chi connectivity index (χ4v) is 4.22. The van der Waals surface area contributed by atoms with Gasteiger partial charge in [0.15, 0.2) is 11.6 Å². The van der Waals surface area contributed by atoms with Crippen LogP contribution in [0.4, 0.5) is 5.82 Å². The van der Waals surface area contributed by atoms with Crippen molar-refractivity contribution in [2.75, 3.05) is 38.5 Å². The van der Waals surface area contributed by atoms with Gasteiger partial charge in [0, 0.05) is 36.7 Å². The normalized spacial score (nSPS) is 16.2. The van der Waals surface area contributed by atoms with Gasteiger partial charge in [0.25, 0.3) is 5.91 Å². The molecule has 2 aliphatic heterocycles. The highest BCUT2D eigenvalue weighted by Gasteiger charge is 2.38. The average Bonchev–Trinajstić information content (AvgIpc) is 2.76. The molecule has 2 fully saturated rings. The number of rotatable bonds is 7. The van der Waals surface area contributed by atoms with Crippen molar-refractivity contribution in [3.8, 4) is 22.8 Å². The zero-order valence-corrected chi connectivity index (χ0v) is 18.3. The summed E-state index contributed by atoms with van der Waals surface area (Å²) in [5.74, 6) is 2.22. The summed E-state index contributed by atoms with van der Waals surface area (Å²) in [6.45, 7) is 4.30. The molecule has 0 unspecified atom stereocenters. The maximum absolute atomic E-state index is 12.7. The molecule has 33 heavy (non-hydrogen) atoms. The zero-order chi connectivity index (χ0) is 22.8. The number of phenols is 1. The smallest absolute Gasteiger partial charge is 0.253 e. The van der Waals surface area contributed by atoms with E-state index in [1.54, 1.807) is 24.3 Å². The molecule has 2 saturated heterocycles. The van der Waals surface area contributed by atoms with Gasteiger partial charge in [-0.15, -0.1) is 10.2 Å². The molecule has 1 amide bonds. The summed E-state index contributed by atoms with van der Waals surface area (Å²) in [5.41, 5.74) is 8.76. The largest absolute Gasteiger partial charge is 0.507 e. The molecule has 0 bridgehead atoms. The molecule has 4 N–H and O–H groups in total. The lowest BCUT2D eigenvalue weighted by Gasteiger charge is -2.46. The lowest BCUT2D eigenvalue weighted by Crippen LogP contribution is -2.59. The Bertz CT molecular complexity index is 1140. The van der Waals surface area contributed by atoms with Gasteiger partial charge < -0.3 is 25.8 Å². The molecular formula is C25H27N5O3. The first kappa shape index (κ1) is 21.2. The van der Waals surface area contributed by atoms with Crippen LogP contribution in [0.15, 0.2) is 54.6 Å². The van der Waals surface area contributed by atoms with E-state index in [4.69, 9.17) is 10.5 Å². The number of carbonyl (C=O) groups is 1. The van der Waals surface area contributed by atoms with E-state index in [0.717, 1.165) is 43.2 Å². The third kappa shape index (κ3) is 4.47. The van der Waals surface area contributed by atoms with Crippen LogP contribution in [0.25, 0.3) is 11.3 Å². The Morgan fingerprint density at radius 1 is 1.09 bits per heavy atom. The number of phenolic OH excluding ortho intramolecular Hbond substituents is 1. The van der Waals surface area contributed by atoms with Crippen molar-refractivity contribution in [2.45, 2.75) is 6.42 Å². The van der Waals surface area contributed by atoms with Crippen LogP contribution in [0.3, 0.4) is 0 Å². The quantitative estimate of drug-likeness (QED) is 0.512. The van der Waals surface area contributed by atoms with E-state index in [0.29, 0.717) is 36.0 Å². The molecule has 3 aromatic rings. The minimum Gasteiger partial charge on any atom is -0.507 e. The number of hydrogen-bond acceptors (Lipinski definition) is 7. The van der Waals surface area contributed by atoms with E-state index < -0.39 is 0 Å². The van der Waals surface area contributed by atoms with E-state index in [1.807, 2.05) is 35.2 Å². The highest BCUT2D eigenvalue weighted by Crippen LogP contribution is 2.31. The number of ether oxygens (including phenoxy) is 1. The summed E-state index contributed by atoms with van der Waals surface area (Å²) < 4.78 is 5.85. The van der Waals surface area contributed by atoms with Gasteiger partial charge in [-0.1, -0.05) is 24.3 Å². The van der Waals surface area contributed by atoms with Crippen molar-refractivity contribution in [2.24, 2.45) is 11.8 Å². The SMILES string of the molecule is Nc1nnc(-c2ccccc2O)cc1OCCc1ccc(C(=O)N2CC(C3CNC3)C2)cc1. The molecular weight excluding hydrogens is 418 g/mol. The molecule has 0 saturated carbocycles. The minimum atomic E-state index is 0.105. The molecule has 2 aliphatic rings. The monoisotopic (exact) mass is 445 g/mol. The van der Waals surface area contributed by atoms with Crippen molar-refractivity contribution in [3.63, 3.8) is 0 Å². The van der Waals surface area contributed by atoms with Gasteiger partial charge in [0.1, 0.15) is 11.4 Å². The van der Waals surface area contributed by atoms with Crippen LogP contribution < -0.4 is 15.8 Å². The molecule has 170 valence electrons. The summed E-state index contributed by atoms with van der Waals surface area (Å²) in [7, 11) is 0. The number of nitrogen functional groups attached to an aromatic ring is 1. The Kier molecular flexibility index (Phi) is 5.83. The predicted molar refractivity (Wildman–Crippen MR) is 125 cm³/mol. The second-order valence-corrected chi connectivity index (χ2v) is 8.68. The van der Waals surface area contributed by atoms with E-state index in [2.05, 4.69) is 15.5 Å². The molecule has 2 aromatic carbocycles. The van der Waals surface area contributed by atoms with Crippen LogP contribution in [-0.4, -0.2) is 58.9 Å². The molecule has 0 spiro atoms. The van der Waals surface area contributed by atoms with Crippen LogP contribution in [0.2, 0.25) is 0 Å². The molecule has 1 aromatic heterocycles. The van der Waals surface area contributed by atoms with Gasteiger partial charge in [0.05, 0.1) is 6.61 Å². The number of benzene rings is 2. The highest BCUT2D eigenvalue weighted by atomic mass is 16.5. The molecule has 0 aliphatic carbocycles. The second-order valence-electron chi connectivity index (χ2n) is 8.68. The molecule has 5 rings (SSSR count). The summed E-state index contributed by atoms with van der Waals surface area (Å²) in [4.78, 5) is 14.6. The number of hydrogen-bond donors (Lipinski definition) is 3. The number of likely N-dealkylation sites (tertiary alicyclic amines) is 1. The number of amides is 1. The number of aromatic nitrogens is 2. The van der Waals surface area contributed by atoms with E-state index in [9.17, 15) is 9.90 Å². The highest BCUT2D eigenvalue weighted by molar-refractivity contribution is 5.94. The van der Waals surface area contributed by atoms with Crippen LogP contribution in [0.1, 0.15) is 15.9 Å². The number of nitrogens with two attached hydrogens (primary N) is 1. The number of nitrogens with one attached hydrogen (secondary N) is 1. The average molecular weight is 446 g/mol. The maximum atomic E-state index is 12.7. The standard InChI is InChI=1S/C25H27N5O3/c26-24-23(11-21(28-29-24)20-3-1-2-4-22(20)31)33-10-9-16-5-7-17(8-6-16)25(32)30-14-19(15-30)18-12-27-13-18/h1-8,11,18-19,27,31H,9-10,12-15H2,(H2,26,29). The lowest BCUT2D eigenvalue weighted by molar-refractivity contribution is 0.0276. The Morgan fingerprint density at radius 3 is 2.55 bits per heavy atom. The Balaban J connectivity index is 1.15. The third-order valence-corrected chi connectivity index (χ3v) is 6.49. The first-order valence-electron chi connectivity index (χ1n) is 11.2. The number of nitrogens with zero attached hydrogens (tertiary/aromatic N) is 3. The van der Waals surface area contributed by atoms with Gasteiger partial charge in [-0.05, 0) is 54.8 Å². The molecule has 0 atom stereocenters. The van der Waals surface area contributed by atoms with Crippen molar-refractivity contribution in [1.29, 1.82) is 0 Å². The summed E-state index contributed by atoms with van der Waals surface area (Å²) in [5, 5.41) is 21.4. The number of para-hydroxylation sites is 1. The molecule has 3 heterocycles. The van der Waals surface area contributed by atoms with E-state index in [-0.39, 0.29) is 17.5 Å². The van der Waals surface area contributed by atoms with Gasteiger partial charge in [-0.3, -0.25) is 4.79 Å². The van der Waals surface area contributed by atoms with Crippen molar-refractivity contribution in [3.05, 3.63) is 65.7 Å². The molecule has 0 radical (unpaired) electrons. The van der Waals surface area contributed by atoms with E-state index in [1.165, 1.54) is 0 Å². The van der Waals surface area contributed by atoms with E-state index >= 15 is 0 Å². The maximum Gasteiger partial charge on any atom is 0.253 e. The van der Waals surface area contributed by atoms with Crippen LogP contribution in [0, 0.1) is 11.8 Å². The summed E-state index contributed by atoms with van der Waals surface area (Å²) in [6, 6.07) is 16.3. The molecule has 8 heteroatoms. The Morgan fingerprint density at radius 2 is 1.85 bits per heavy atom. The number of carbonyl (C=O) groups excluding carboxylic acids is 1. The van der Waals surface area contributed by atoms with Gasteiger partial charge in [-0.2, -0.15) is 0 Å². The summed E-state index contributed by atoms with van der Waals surface area (Å²) >= 11 is 0. The van der Waals surface area contributed by atoms with Crippen molar-refractivity contribution in [1.82, 2.24) is 20.4 Å².